The van der Waals surface area contributed by atoms with Crippen LogP contribution in [0.3, 0.4) is 0 Å². The molecule has 0 rings (SSSR count). The van der Waals surface area contributed by atoms with E-state index in [1.807, 2.05) is 18.7 Å². The highest BCUT2D eigenvalue weighted by molar-refractivity contribution is 9.09. The Labute approximate surface area is 106 Å². The summed E-state index contributed by atoms with van der Waals surface area (Å²) in [7, 11) is 0. The minimum atomic E-state index is -0.0623. The van der Waals surface area contributed by atoms with E-state index in [4.69, 9.17) is 4.74 Å². The largest absolute Gasteiger partial charge is 0.466 e. The van der Waals surface area contributed by atoms with Crippen LogP contribution in [0.4, 0.5) is 0 Å². The first-order valence-electron chi connectivity index (χ1n) is 5.49. The number of hydrogen-bond donors (Lipinski definition) is 0. The third-order valence-corrected chi connectivity index (χ3v) is 3.65. The molecule has 0 heterocycles. The fraction of sp³-hybridized carbons (Fsp3) is 0.909. The van der Waals surface area contributed by atoms with Gasteiger partial charge in [0, 0.05) is 11.2 Å². The Morgan fingerprint density at radius 2 is 2.13 bits per heavy atom. The second kappa shape index (κ2) is 10.8. The van der Waals surface area contributed by atoms with Gasteiger partial charge in [-0.05, 0) is 38.2 Å². The van der Waals surface area contributed by atoms with E-state index in [9.17, 15) is 4.79 Å². The van der Waals surface area contributed by atoms with Crippen molar-refractivity contribution in [2.24, 2.45) is 0 Å². The monoisotopic (exact) mass is 296 g/mol. The fourth-order valence-corrected chi connectivity index (χ4v) is 2.63. The fourth-order valence-electron chi connectivity index (χ4n) is 1.26. The average molecular weight is 297 g/mol. The molecule has 0 radical (unpaired) electrons. The van der Waals surface area contributed by atoms with Gasteiger partial charge < -0.3 is 4.74 Å². The Morgan fingerprint density at radius 1 is 1.40 bits per heavy atom. The van der Waals surface area contributed by atoms with Crippen molar-refractivity contribution in [3.63, 3.8) is 0 Å². The highest BCUT2D eigenvalue weighted by Gasteiger charge is 2.05. The molecule has 0 aromatic carbocycles. The van der Waals surface area contributed by atoms with Gasteiger partial charge in [-0.1, -0.05) is 22.4 Å². The quantitative estimate of drug-likeness (QED) is 0.369. The summed E-state index contributed by atoms with van der Waals surface area (Å²) >= 11 is 5.52. The van der Waals surface area contributed by atoms with Gasteiger partial charge in [-0.25, -0.2) is 0 Å². The van der Waals surface area contributed by atoms with Crippen LogP contribution in [0, 0.1) is 0 Å². The highest BCUT2D eigenvalue weighted by atomic mass is 79.9. The molecule has 0 N–H and O–H groups in total. The molecular formula is C11H21BrO2S. The van der Waals surface area contributed by atoms with Crippen molar-refractivity contribution in [1.29, 1.82) is 0 Å². The predicted molar refractivity (Wildman–Crippen MR) is 70.8 cm³/mol. The van der Waals surface area contributed by atoms with Gasteiger partial charge in [0.1, 0.15) is 0 Å². The lowest BCUT2D eigenvalue weighted by Gasteiger charge is -2.08. The first kappa shape index (κ1) is 15.3. The molecule has 4 heteroatoms. The number of carbonyl (C=O) groups excluding carboxylic acids is 1. The summed E-state index contributed by atoms with van der Waals surface area (Å²) in [6.45, 7) is 2.34. The summed E-state index contributed by atoms with van der Waals surface area (Å²) in [5.41, 5.74) is 0. The van der Waals surface area contributed by atoms with Crippen molar-refractivity contribution in [3.8, 4) is 0 Å². The van der Waals surface area contributed by atoms with Gasteiger partial charge in [0.05, 0.1) is 6.61 Å². The summed E-state index contributed by atoms with van der Waals surface area (Å²) in [4.78, 5) is 11.6. The molecular weight excluding hydrogens is 276 g/mol. The standard InChI is InChI=1S/C11H21BrO2S/c1-3-14-11(13)7-5-4-6-10(12)8-9-15-2/h10H,3-9H2,1-2H3. The Hall–Kier alpha value is 0.300. The van der Waals surface area contributed by atoms with Crippen LogP contribution in [0.2, 0.25) is 0 Å². The Bertz CT molecular complexity index is 165. The number of thioether (sulfide) groups is 1. The molecule has 0 spiro atoms. The molecule has 0 bridgehead atoms. The maximum absolute atomic E-state index is 11.0. The first-order chi connectivity index (χ1) is 7.20. The van der Waals surface area contributed by atoms with Crippen LogP contribution in [0.15, 0.2) is 0 Å². The normalized spacial score (nSPS) is 12.5. The Morgan fingerprint density at radius 3 is 2.73 bits per heavy atom. The number of unbranched alkanes of at least 4 members (excludes halogenated alkanes) is 1. The van der Waals surface area contributed by atoms with E-state index in [2.05, 4.69) is 22.2 Å². The maximum Gasteiger partial charge on any atom is 0.305 e. The van der Waals surface area contributed by atoms with Gasteiger partial charge in [-0.2, -0.15) is 11.8 Å². The molecule has 0 amide bonds. The molecule has 0 saturated heterocycles. The van der Waals surface area contributed by atoms with Crippen LogP contribution in [0.1, 0.15) is 39.0 Å². The SMILES string of the molecule is CCOC(=O)CCCCC(Br)CCSC. The van der Waals surface area contributed by atoms with Gasteiger partial charge in [0.15, 0.2) is 0 Å². The molecule has 1 unspecified atom stereocenters. The first-order valence-corrected chi connectivity index (χ1v) is 7.80. The lowest BCUT2D eigenvalue weighted by molar-refractivity contribution is -0.143. The minimum absolute atomic E-state index is 0.0623. The number of hydrogen-bond acceptors (Lipinski definition) is 3. The molecule has 90 valence electrons. The van der Waals surface area contributed by atoms with E-state index in [1.54, 1.807) is 0 Å². The third-order valence-electron chi connectivity index (χ3n) is 2.09. The van der Waals surface area contributed by atoms with Crippen LogP contribution >= 0.6 is 27.7 Å². The summed E-state index contributed by atoms with van der Waals surface area (Å²) in [6.07, 6.45) is 7.10. The maximum atomic E-state index is 11.0. The van der Waals surface area contributed by atoms with Gasteiger partial charge in [-0.15, -0.1) is 0 Å². The zero-order valence-electron chi connectivity index (χ0n) is 9.63. The molecule has 1 atom stereocenters. The number of alkyl halides is 1. The lowest BCUT2D eigenvalue weighted by atomic mass is 10.1. The zero-order chi connectivity index (χ0) is 11.5. The van der Waals surface area contributed by atoms with Crippen molar-refractivity contribution in [1.82, 2.24) is 0 Å². The van der Waals surface area contributed by atoms with Crippen molar-refractivity contribution < 1.29 is 9.53 Å². The number of esters is 1. The van der Waals surface area contributed by atoms with E-state index in [0.717, 1.165) is 19.3 Å². The number of carbonyl (C=O) groups is 1. The van der Waals surface area contributed by atoms with Crippen LogP contribution in [0.25, 0.3) is 0 Å². The third kappa shape index (κ3) is 10.6. The van der Waals surface area contributed by atoms with E-state index in [0.29, 0.717) is 17.9 Å². The summed E-state index contributed by atoms with van der Waals surface area (Å²) < 4.78 is 4.86. The van der Waals surface area contributed by atoms with Crippen molar-refractivity contribution in [3.05, 3.63) is 0 Å². The highest BCUT2D eigenvalue weighted by Crippen LogP contribution is 2.16. The number of ether oxygens (including phenoxy) is 1. The van der Waals surface area contributed by atoms with Crippen molar-refractivity contribution in [2.75, 3.05) is 18.6 Å². The predicted octanol–water partition coefficient (Wildman–Crippen LogP) is 3.63. The van der Waals surface area contributed by atoms with Gasteiger partial charge in [-0.3, -0.25) is 4.79 Å². The molecule has 0 fully saturated rings. The summed E-state index contributed by atoms with van der Waals surface area (Å²) in [6, 6.07) is 0. The van der Waals surface area contributed by atoms with Gasteiger partial charge >= 0.3 is 5.97 Å². The molecule has 0 aromatic rings. The van der Waals surface area contributed by atoms with Crippen molar-refractivity contribution >= 4 is 33.7 Å². The molecule has 0 aliphatic heterocycles. The number of halogens is 1. The Kier molecular flexibility index (Phi) is 11.0. The molecule has 0 saturated carbocycles. The van der Waals surface area contributed by atoms with E-state index in [-0.39, 0.29) is 5.97 Å². The molecule has 0 aromatic heterocycles. The summed E-state index contributed by atoms with van der Waals surface area (Å²) in [5, 5.41) is 0. The van der Waals surface area contributed by atoms with Crippen LogP contribution < -0.4 is 0 Å². The van der Waals surface area contributed by atoms with E-state index in [1.165, 1.54) is 12.2 Å². The molecule has 0 aliphatic rings. The van der Waals surface area contributed by atoms with Crippen LogP contribution in [-0.4, -0.2) is 29.4 Å². The molecule has 0 aliphatic carbocycles. The van der Waals surface area contributed by atoms with Gasteiger partial charge in [0.2, 0.25) is 0 Å². The minimum Gasteiger partial charge on any atom is -0.466 e. The Balaban J connectivity index is 3.26. The van der Waals surface area contributed by atoms with E-state index >= 15 is 0 Å². The van der Waals surface area contributed by atoms with E-state index < -0.39 is 0 Å². The molecule has 15 heavy (non-hydrogen) atoms. The zero-order valence-corrected chi connectivity index (χ0v) is 12.0. The smallest absolute Gasteiger partial charge is 0.305 e. The van der Waals surface area contributed by atoms with Crippen molar-refractivity contribution in [2.45, 2.75) is 43.9 Å². The second-order valence-electron chi connectivity index (χ2n) is 3.43. The molecule has 2 nitrogen and oxygen atoms in total. The number of rotatable bonds is 9. The van der Waals surface area contributed by atoms with Gasteiger partial charge in [0.25, 0.3) is 0 Å². The topological polar surface area (TPSA) is 26.3 Å². The average Bonchev–Trinajstić information content (AvgIpc) is 2.22. The summed E-state index contributed by atoms with van der Waals surface area (Å²) in [5.74, 6) is 1.14. The lowest BCUT2D eigenvalue weighted by Crippen LogP contribution is -2.04. The van der Waals surface area contributed by atoms with Crippen LogP contribution in [-0.2, 0) is 9.53 Å². The van der Waals surface area contributed by atoms with Crippen LogP contribution in [0.5, 0.6) is 0 Å². The second-order valence-corrected chi connectivity index (χ2v) is 5.71.